The highest BCUT2D eigenvalue weighted by molar-refractivity contribution is 9.11. The van der Waals surface area contributed by atoms with Gasteiger partial charge in [-0.05, 0) is 63.7 Å². The van der Waals surface area contributed by atoms with E-state index in [4.69, 9.17) is 16.3 Å². The highest BCUT2D eigenvalue weighted by Gasteiger charge is 2.17. The molecule has 0 aromatic heterocycles. The molecule has 0 atom stereocenters. The summed E-state index contributed by atoms with van der Waals surface area (Å²) in [7, 11) is 0. The number of rotatable bonds is 6. The number of halogens is 3. The van der Waals surface area contributed by atoms with Crippen molar-refractivity contribution in [2.45, 2.75) is 26.7 Å². The maximum absolute atomic E-state index is 12.0. The first-order valence-electron chi connectivity index (χ1n) is 7.98. The number of hydrazone groups is 1. The Morgan fingerprint density at radius 2 is 2.08 bits per heavy atom. The average molecular weight is 503 g/mol. The molecule has 26 heavy (non-hydrogen) atoms. The van der Waals surface area contributed by atoms with E-state index < -0.39 is 0 Å². The van der Waals surface area contributed by atoms with Gasteiger partial charge in [-0.3, -0.25) is 4.79 Å². The second kappa shape index (κ2) is 9.53. The molecule has 1 N–H and O–H groups in total. The van der Waals surface area contributed by atoms with Crippen molar-refractivity contribution in [1.82, 2.24) is 5.43 Å². The van der Waals surface area contributed by atoms with E-state index in [-0.39, 0.29) is 18.4 Å². The van der Waals surface area contributed by atoms with Gasteiger partial charge in [0.2, 0.25) is 0 Å². The lowest BCUT2D eigenvalue weighted by molar-refractivity contribution is -0.123. The van der Waals surface area contributed by atoms with Crippen LogP contribution < -0.4 is 10.2 Å². The third-order valence-electron chi connectivity index (χ3n) is 3.65. The van der Waals surface area contributed by atoms with Gasteiger partial charge in [-0.25, -0.2) is 5.43 Å². The lowest BCUT2D eigenvalue weighted by atomic mass is 10.0. The minimum Gasteiger partial charge on any atom is -0.482 e. The summed E-state index contributed by atoms with van der Waals surface area (Å²) in [6, 6.07) is 9.21. The van der Waals surface area contributed by atoms with Gasteiger partial charge in [0.25, 0.3) is 5.91 Å². The summed E-state index contributed by atoms with van der Waals surface area (Å²) in [6.45, 7) is 5.99. The van der Waals surface area contributed by atoms with E-state index in [0.717, 1.165) is 25.6 Å². The lowest BCUT2D eigenvalue weighted by Gasteiger charge is -2.18. The molecule has 2 aromatic rings. The van der Waals surface area contributed by atoms with Gasteiger partial charge >= 0.3 is 0 Å². The molecule has 0 spiro atoms. The van der Waals surface area contributed by atoms with Crippen LogP contribution in [0.15, 0.2) is 44.4 Å². The SMILES string of the molecule is Cc1c(Br)cc(C(C)C)c(OCC(=O)N/N=C/c2cccc(Cl)c2)c1Br. The zero-order chi connectivity index (χ0) is 19.3. The Hall–Kier alpha value is -1.37. The number of carbonyl (C=O) groups excluding carboxylic acids is 1. The molecule has 0 radical (unpaired) electrons. The van der Waals surface area contributed by atoms with E-state index in [1.54, 1.807) is 12.1 Å². The zero-order valence-corrected chi connectivity index (χ0v) is 18.6. The van der Waals surface area contributed by atoms with E-state index in [1.807, 2.05) is 25.1 Å². The van der Waals surface area contributed by atoms with Gasteiger partial charge in [0.15, 0.2) is 6.61 Å². The smallest absolute Gasteiger partial charge is 0.277 e. The first-order valence-corrected chi connectivity index (χ1v) is 9.94. The largest absolute Gasteiger partial charge is 0.482 e. The van der Waals surface area contributed by atoms with Crippen LogP contribution in [0.25, 0.3) is 0 Å². The van der Waals surface area contributed by atoms with Crippen LogP contribution in [-0.2, 0) is 4.79 Å². The maximum Gasteiger partial charge on any atom is 0.277 e. The predicted octanol–water partition coefficient (Wildman–Crippen LogP) is 5.83. The van der Waals surface area contributed by atoms with E-state index in [9.17, 15) is 4.79 Å². The highest BCUT2D eigenvalue weighted by Crippen LogP contribution is 2.40. The van der Waals surface area contributed by atoms with Crippen molar-refractivity contribution in [3.63, 3.8) is 0 Å². The monoisotopic (exact) mass is 500 g/mol. The molecule has 0 unspecified atom stereocenters. The minimum absolute atomic E-state index is 0.133. The summed E-state index contributed by atoms with van der Waals surface area (Å²) in [5, 5.41) is 4.54. The molecule has 138 valence electrons. The van der Waals surface area contributed by atoms with E-state index in [0.29, 0.717) is 10.8 Å². The van der Waals surface area contributed by atoms with Crippen molar-refractivity contribution in [2.75, 3.05) is 6.61 Å². The number of nitrogens with one attached hydrogen (secondary N) is 1. The summed E-state index contributed by atoms with van der Waals surface area (Å²) in [5.74, 6) is 0.585. The number of benzene rings is 2. The van der Waals surface area contributed by atoms with Crippen molar-refractivity contribution in [1.29, 1.82) is 0 Å². The molecule has 0 saturated carbocycles. The molecule has 0 heterocycles. The number of ether oxygens (including phenoxy) is 1. The molecule has 7 heteroatoms. The number of amides is 1. The number of carbonyl (C=O) groups is 1. The first-order chi connectivity index (χ1) is 12.3. The highest BCUT2D eigenvalue weighted by atomic mass is 79.9. The topological polar surface area (TPSA) is 50.7 Å². The molecule has 0 aliphatic carbocycles. The molecule has 0 saturated heterocycles. The van der Waals surface area contributed by atoms with Crippen molar-refractivity contribution < 1.29 is 9.53 Å². The van der Waals surface area contributed by atoms with Crippen molar-refractivity contribution in [2.24, 2.45) is 5.10 Å². The van der Waals surface area contributed by atoms with Crippen LogP contribution in [0.4, 0.5) is 0 Å². The van der Waals surface area contributed by atoms with E-state index >= 15 is 0 Å². The Balaban J connectivity index is 2.02. The van der Waals surface area contributed by atoms with Crippen LogP contribution in [0.2, 0.25) is 5.02 Å². The summed E-state index contributed by atoms with van der Waals surface area (Å²) >= 11 is 13.0. The molecule has 2 aromatic carbocycles. The molecule has 0 bridgehead atoms. The fraction of sp³-hybridized carbons (Fsp3) is 0.263. The fourth-order valence-corrected chi connectivity index (χ4v) is 3.69. The Kier molecular flexibility index (Phi) is 7.68. The van der Waals surface area contributed by atoms with Crippen LogP contribution in [0, 0.1) is 6.92 Å². The standard InChI is InChI=1S/C19H19Br2ClN2O2/c1-11(2)15-8-16(20)12(3)18(21)19(15)26-10-17(25)24-23-9-13-5-4-6-14(22)7-13/h4-9,11H,10H2,1-3H3,(H,24,25)/b23-9+. The fourth-order valence-electron chi connectivity index (χ4n) is 2.22. The van der Waals surface area contributed by atoms with Crippen molar-refractivity contribution in [3.8, 4) is 5.75 Å². The van der Waals surface area contributed by atoms with Gasteiger partial charge < -0.3 is 4.74 Å². The van der Waals surface area contributed by atoms with Gasteiger partial charge in [0, 0.05) is 9.50 Å². The van der Waals surface area contributed by atoms with Crippen LogP contribution in [-0.4, -0.2) is 18.7 Å². The van der Waals surface area contributed by atoms with Gasteiger partial charge in [-0.2, -0.15) is 5.10 Å². The summed E-state index contributed by atoms with van der Waals surface area (Å²) in [6.07, 6.45) is 1.53. The number of nitrogens with zero attached hydrogens (tertiary/aromatic N) is 1. The zero-order valence-electron chi connectivity index (χ0n) is 14.6. The maximum atomic E-state index is 12.0. The van der Waals surface area contributed by atoms with Gasteiger partial charge in [-0.1, -0.05) is 53.5 Å². The Morgan fingerprint density at radius 3 is 2.73 bits per heavy atom. The van der Waals surface area contributed by atoms with Crippen molar-refractivity contribution >= 4 is 55.6 Å². The van der Waals surface area contributed by atoms with E-state index in [1.165, 1.54) is 6.21 Å². The summed E-state index contributed by atoms with van der Waals surface area (Å²) < 4.78 is 7.61. The van der Waals surface area contributed by atoms with Crippen LogP contribution >= 0.6 is 43.5 Å². The normalized spacial score (nSPS) is 11.2. The molecule has 0 aliphatic rings. The lowest BCUT2D eigenvalue weighted by Crippen LogP contribution is -2.25. The van der Waals surface area contributed by atoms with Crippen LogP contribution in [0.5, 0.6) is 5.75 Å². The van der Waals surface area contributed by atoms with Gasteiger partial charge in [-0.15, -0.1) is 0 Å². The Bertz CT molecular complexity index is 839. The molecular weight excluding hydrogens is 483 g/mol. The molecule has 4 nitrogen and oxygen atoms in total. The van der Waals surface area contributed by atoms with Crippen molar-refractivity contribution in [3.05, 3.63) is 61.0 Å². The molecule has 1 amide bonds. The molecule has 0 fully saturated rings. The minimum atomic E-state index is -0.342. The van der Waals surface area contributed by atoms with Crippen LogP contribution in [0.3, 0.4) is 0 Å². The molecular formula is C19H19Br2ClN2O2. The summed E-state index contributed by atoms with van der Waals surface area (Å²) in [4.78, 5) is 12.0. The quantitative estimate of drug-likeness (QED) is 0.399. The Labute approximate surface area is 175 Å². The average Bonchev–Trinajstić information content (AvgIpc) is 2.58. The predicted molar refractivity (Wildman–Crippen MR) is 113 cm³/mol. The number of hydrogen-bond donors (Lipinski definition) is 1. The second-order valence-electron chi connectivity index (χ2n) is 6.01. The Morgan fingerprint density at radius 1 is 1.35 bits per heavy atom. The van der Waals surface area contributed by atoms with E-state index in [2.05, 4.69) is 56.2 Å². The third kappa shape index (κ3) is 5.56. The molecule has 0 aliphatic heterocycles. The third-order valence-corrected chi connectivity index (χ3v) is 5.67. The van der Waals surface area contributed by atoms with Gasteiger partial charge in [0.1, 0.15) is 5.75 Å². The van der Waals surface area contributed by atoms with Crippen LogP contribution in [0.1, 0.15) is 36.5 Å². The summed E-state index contributed by atoms with van der Waals surface area (Å²) in [5.41, 5.74) is 5.29. The molecule has 2 rings (SSSR count). The second-order valence-corrected chi connectivity index (χ2v) is 8.09. The first kappa shape index (κ1) is 20.9. The van der Waals surface area contributed by atoms with Gasteiger partial charge in [0.05, 0.1) is 10.7 Å². The number of hydrogen-bond acceptors (Lipinski definition) is 3.